The second kappa shape index (κ2) is 6.51. The van der Waals surface area contributed by atoms with E-state index in [1.165, 1.54) is 0 Å². The zero-order chi connectivity index (χ0) is 17.3. The van der Waals surface area contributed by atoms with Crippen molar-refractivity contribution in [3.8, 4) is 0 Å². The predicted molar refractivity (Wildman–Crippen MR) is 82.6 cm³/mol. The van der Waals surface area contributed by atoms with Crippen LogP contribution in [0.1, 0.15) is 38.3 Å². The quantitative estimate of drug-likeness (QED) is 0.897. The fourth-order valence-electron chi connectivity index (χ4n) is 2.94. The number of alkyl halides is 3. The first-order valence-corrected chi connectivity index (χ1v) is 7.86. The van der Waals surface area contributed by atoms with Crippen molar-refractivity contribution >= 4 is 5.91 Å². The summed E-state index contributed by atoms with van der Waals surface area (Å²) < 4.78 is 40.3. The number of amides is 1. The maximum Gasteiger partial charge on any atom is 0.405 e. The van der Waals surface area contributed by atoms with E-state index in [4.69, 9.17) is 0 Å². The number of hydrazine groups is 1. The Bertz CT molecular complexity index is 569. The summed E-state index contributed by atoms with van der Waals surface area (Å²) in [6.07, 6.45) is -3.33. The number of nitrogens with one attached hydrogen (secondary N) is 1. The number of carbonyl (C=O) groups is 1. The van der Waals surface area contributed by atoms with Crippen molar-refractivity contribution in [1.29, 1.82) is 0 Å². The van der Waals surface area contributed by atoms with Crippen LogP contribution >= 0.6 is 0 Å². The summed E-state index contributed by atoms with van der Waals surface area (Å²) in [6, 6.07) is 5.89. The number of hydrogen-bond donors (Lipinski definition) is 1. The second-order valence-electron chi connectivity index (χ2n) is 6.67. The lowest BCUT2D eigenvalue weighted by Crippen LogP contribution is -2.50. The summed E-state index contributed by atoms with van der Waals surface area (Å²) in [6.45, 7) is 5.36. The van der Waals surface area contributed by atoms with E-state index in [0.717, 1.165) is 22.6 Å². The zero-order valence-corrected chi connectivity index (χ0v) is 13.7. The van der Waals surface area contributed by atoms with Crippen molar-refractivity contribution in [1.82, 2.24) is 10.4 Å². The third-order valence-corrected chi connectivity index (χ3v) is 4.37. The molecule has 1 amide bonds. The van der Waals surface area contributed by atoms with Gasteiger partial charge in [-0.1, -0.05) is 31.2 Å². The highest BCUT2D eigenvalue weighted by atomic mass is 19.4. The molecule has 23 heavy (non-hydrogen) atoms. The third kappa shape index (κ3) is 4.05. The lowest BCUT2D eigenvalue weighted by atomic mass is 9.93. The van der Waals surface area contributed by atoms with Crippen molar-refractivity contribution < 1.29 is 18.0 Å². The summed E-state index contributed by atoms with van der Waals surface area (Å²) >= 11 is 0. The molecule has 128 valence electrons. The van der Waals surface area contributed by atoms with Gasteiger partial charge in [0.2, 0.25) is 5.91 Å². The van der Waals surface area contributed by atoms with Crippen LogP contribution < -0.4 is 5.43 Å². The number of hydrogen-bond acceptors (Lipinski definition) is 2. The molecule has 0 radical (unpaired) electrons. The molecule has 1 N–H and O–H groups in total. The summed E-state index contributed by atoms with van der Waals surface area (Å²) in [5.74, 6) is -0.360. The van der Waals surface area contributed by atoms with Gasteiger partial charge >= 0.3 is 6.18 Å². The van der Waals surface area contributed by atoms with Crippen LogP contribution in [0.5, 0.6) is 0 Å². The van der Waals surface area contributed by atoms with E-state index in [0.29, 0.717) is 6.42 Å². The Kier molecular flexibility index (Phi) is 5.04. The van der Waals surface area contributed by atoms with Gasteiger partial charge in [-0.2, -0.15) is 13.2 Å². The van der Waals surface area contributed by atoms with Crippen LogP contribution in [0.3, 0.4) is 0 Å². The SMILES string of the molecule is CCc1ccccc1CCC(N1CC(C)(C)C(=O)N1)C(F)(F)F. The molecule has 1 atom stereocenters. The van der Waals surface area contributed by atoms with Crippen LogP contribution in [0.15, 0.2) is 24.3 Å². The van der Waals surface area contributed by atoms with E-state index in [1.807, 2.05) is 31.2 Å². The molecule has 0 aromatic heterocycles. The van der Waals surface area contributed by atoms with Gasteiger partial charge in [-0.25, -0.2) is 5.01 Å². The highest BCUT2D eigenvalue weighted by Gasteiger charge is 2.49. The van der Waals surface area contributed by atoms with Gasteiger partial charge in [-0.05, 0) is 44.2 Å². The first-order chi connectivity index (χ1) is 10.6. The number of halogens is 3. The van der Waals surface area contributed by atoms with Gasteiger partial charge < -0.3 is 0 Å². The molecule has 3 nitrogen and oxygen atoms in total. The van der Waals surface area contributed by atoms with Gasteiger partial charge in [0, 0.05) is 6.54 Å². The Morgan fingerprint density at radius 3 is 2.35 bits per heavy atom. The van der Waals surface area contributed by atoms with Gasteiger partial charge in [0.1, 0.15) is 6.04 Å². The van der Waals surface area contributed by atoms with Crippen molar-refractivity contribution in [3.63, 3.8) is 0 Å². The number of carbonyl (C=O) groups excluding carboxylic acids is 1. The van der Waals surface area contributed by atoms with Crippen molar-refractivity contribution in [2.75, 3.05) is 6.54 Å². The largest absolute Gasteiger partial charge is 0.405 e. The Labute approximate surface area is 134 Å². The smallest absolute Gasteiger partial charge is 0.288 e. The normalized spacial score (nSPS) is 19.7. The topological polar surface area (TPSA) is 32.3 Å². The third-order valence-electron chi connectivity index (χ3n) is 4.37. The van der Waals surface area contributed by atoms with E-state index in [-0.39, 0.29) is 18.9 Å². The van der Waals surface area contributed by atoms with E-state index in [1.54, 1.807) is 13.8 Å². The van der Waals surface area contributed by atoms with Crippen molar-refractivity contribution in [2.24, 2.45) is 5.41 Å². The first-order valence-electron chi connectivity index (χ1n) is 7.86. The molecule has 1 aliphatic heterocycles. The molecule has 0 bridgehead atoms. The zero-order valence-electron chi connectivity index (χ0n) is 13.7. The minimum atomic E-state index is -4.38. The molecular weight excluding hydrogens is 305 g/mol. The molecule has 6 heteroatoms. The second-order valence-corrected chi connectivity index (χ2v) is 6.67. The first kappa shape index (κ1) is 17.8. The van der Waals surface area contributed by atoms with Crippen molar-refractivity contribution in [3.05, 3.63) is 35.4 Å². The molecule has 1 aromatic rings. The van der Waals surface area contributed by atoms with E-state index < -0.39 is 17.6 Å². The Morgan fingerprint density at radius 2 is 1.87 bits per heavy atom. The Morgan fingerprint density at radius 1 is 1.26 bits per heavy atom. The van der Waals surface area contributed by atoms with Gasteiger partial charge in [-0.15, -0.1) is 0 Å². The minimum Gasteiger partial charge on any atom is -0.288 e. The lowest BCUT2D eigenvalue weighted by Gasteiger charge is -2.29. The standard InChI is InChI=1S/C17H23F3N2O/c1-4-12-7-5-6-8-13(12)9-10-14(17(18,19)20)22-11-16(2,3)15(23)21-22/h5-8,14H,4,9-11H2,1-3H3,(H,21,23). The van der Waals surface area contributed by atoms with E-state index >= 15 is 0 Å². The van der Waals surface area contributed by atoms with Gasteiger partial charge in [0.25, 0.3) is 0 Å². The molecule has 0 aliphatic carbocycles. The summed E-state index contributed by atoms with van der Waals surface area (Å²) in [7, 11) is 0. The molecule has 0 saturated carbocycles. The average Bonchev–Trinajstić information content (AvgIpc) is 2.71. The van der Waals surface area contributed by atoms with Crippen LogP contribution in [-0.2, 0) is 17.6 Å². The van der Waals surface area contributed by atoms with Crippen LogP contribution in [-0.4, -0.2) is 29.7 Å². The maximum atomic E-state index is 13.4. The number of aryl methyl sites for hydroxylation is 2. The minimum absolute atomic E-state index is 0.0609. The highest BCUT2D eigenvalue weighted by Crippen LogP contribution is 2.33. The fraction of sp³-hybridized carbons (Fsp3) is 0.588. The number of nitrogens with zero attached hydrogens (tertiary/aromatic N) is 1. The maximum absolute atomic E-state index is 13.4. The molecule has 0 spiro atoms. The summed E-state index contributed by atoms with van der Waals surface area (Å²) in [5.41, 5.74) is 3.60. The molecule has 2 rings (SSSR count). The van der Waals surface area contributed by atoms with Crippen LogP contribution in [0, 0.1) is 5.41 Å². The Hall–Kier alpha value is -1.56. The van der Waals surface area contributed by atoms with E-state index in [2.05, 4.69) is 5.43 Å². The average molecular weight is 328 g/mol. The fourth-order valence-corrected chi connectivity index (χ4v) is 2.94. The molecule has 1 saturated heterocycles. The summed E-state index contributed by atoms with van der Waals surface area (Å²) in [4.78, 5) is 11.8. The monoisotopic (exact) mass is 328 g/mol. The molecule has 1 fully saturated rings. The van der Waals surface area contributed by atoms with Gasteiger partial charge in [-0.3, -0.25) is 10.2 Å². The van der Waals surface area contributed by atoms with E-state index in [9.17, 15) is 18.0 Å². The van der Waals surface area contributed by atoms with Gasteiger partial charge in [0.15, 0.2) is 0 Å². The molecular formula is C17H23F3N2O. The van der Waals surface area contributed by atoms with Crippen LogP contribution in [0.4, 0.5) is 13.2 Å². The number of rotatable bonds is 5. The molecule has 1 aromatic carbocycles. The van der Waals surface area contributed by atoms with Gasteiger partial charge in [0.05, 0.1) is 5.41 Å². The van der Waals surface area contributed by atoms with Crippen molar-refractivity contribution in [2.45, 2.75) is 52.3 Å². The molecule has 1 heterocycles. The Balaban J connectivity index is 2.13. The highest BCUT2D eigenvalue weighted by molar-refractivity contribution is 5.83. The molecule has 1 unspecified atom stereocenters. The number of benzene rings is 1. The predicted octanol–water partition coefficient (Wildman–Crippen LogP) is 3.49. The van der Waals surface area contributed by atoms with Crippen LogP contribution in [0.2, 0.25) is 0 Å². The van der Waals surface area contributed by atoms with Crippen LogP contribution in [0.25, 0.3) is 0 Å². The summed E-state index contributed by atoms with van der Waals surface area (Å²) in [5, 5.41) is 1.05. The lowest BCUT2D eigenvalue weighted by molar-refractivity contribution is -0.190. The molecule has 1 aliphatic rings.